The van der Waals surface area contributed by atoms with Gasteiger partial charge in [0.2, 0.25) is 11.8 Å². The van der Waals surface area contributed by atoms with Crippen molar-refractivity contribution in [3.63, 3.8) is 0 Å². The zero-order valence-electron chi connectivity index (χ0n) is 11.2. The fourth-order valence-corrected chi connectivity index (χ4v) is 1.55. The average Bonchev–Trinajstić information content (AvgIpc) is 2.38. The van der Waals surface area contributed by atoms with Crippen LogP contribution in [0, 0.1) is 10.1 Å². The molecule has 0 radical (unpaired) electrons. The molecule has 0 aliphatic heterocycles. The highest BCUT2D eigenvalue weighted by molar-refractivity contribution is 5.87. The highest BCUT2D eigenvalue weighted by Crippen LogP contribution is 2.11. The van der Waals surface area contributed by atoms with Crippen LogP contribution in [-0.2, 0) is 16.0 Å². The Hall–Kier alpha value is -2.19. The minimum absolute atomic E-state index is 0. The molecule has 8 nitrogen and oxygen atoms in total. The van der Waals surface area contributed by atoms with Crippen molar-refractivity contribution in [3.8, 4) is 0 Å². The van der Waals surface area contributed by atoms with Crippen LogP contribution in [0.4, 0.5) is 5.69 Å². The van der Waals surface area contributed by atoms with Gasteiger partial charge in [0.05, 0.1) is 17.4 Å². The van der Waals surface area contributed by atoms with E-state index < -0.39 is 22.8 Å². The molecular formula is C12H17ClN4O4. The number of nitrogens with zero attached hydrogens (tertiary/aromatic N) is 1. The molecule has 1 atom stereocenters. The molecule has 1 aromatic carbocycles. The molecule has 0 fully saturated rings. The highest BCUT2D eigenvalue weighted by Gasteiger charge is 2.15. The summed E-state index contributed by atoms with van der Waals surface area (Å²) in [4.78, 5) is 32.1. The third kappa shape index (κ3) is 6.68. The van der Waals surface area contributed by atoms with E-state index in [9.17, 15) is 19.7 Å². The van der Waals surface area contributed by atoms with Gasteiger partial charge < -0.3 is 16.8 Å². The van der Waals surface area contributed by atoms with E-state index in [2.05, 4.69) is 5.32 Å². The molecule has 0 bridgehead atoms. The van der Waals surface area contributed by atoms with Crippen molar-refractivity contribution in [3.05, 3.63) is 39.9 Å². The molecule has 116 valence electrons. The Kier molecular flexibility index (Phi) is 7.95. The summed E-state index contributed by atoms with van der Waals surface area (Å²) in [6, 6.07) is 5.08. The molecule has 1 unspecified atom stereocenters. The van der Waals surface area contributed by atoms with E-state index in [1.807, 2.05) is 0 Å². The van der Waals surface area contributed by atoms with Gasteiger partial charge in [0.1, 0.15) is 0 Å². The van der Waals surface area contributed by atoms with Gasteiger partial charge in [0, 0.05) is 18.7 Å². The number of halogens is 1. The molecule has 0 saturated heterocycles. The van der Waals surface area contributed by atoms with E-state index in [4.69, 9.17) is 11.5 Å². The minimum Gasteiger partial charge on any atom is -0.370 e. The van der Waals surface area contributed by atoms with Gasteiger partial charge in [-0.25, -0.2) is 0 Å². The zero-order valence-corrected chi connectivity index (χ0v) is 12.0. The summed E-state index contributed by atoms with van der Waals surface area (Å²) in [5.41, 5.74) is 11.3. The highest BCUT2D eigenvalue weighted by atomic mass is 35.5. The Morgan fingerprint density at radius 3 is 2.33 bits per heavy atom. The third-order valence-electron chi connectivity index (χ3n) is 2.62. The second kappa shape index (κ2) is 8.88. The number of nitrogens with two attached hydrogens (primary N) is 2. The molecule has 0 aromatic heterocycles. The van der Waals surface area contributed by atoms with E-state index in [1.165, 1.54) is 12.1 Å². The van der Waals surface area contributed by atoms with Crippen LogP contribution in [0.3, 0.4) is 0 Å². The molecule has 9 heteroatoms. The summed E-state index contributed by atoms with van der Waals surface area (Å²) in [7, 11) is 0. The lowest BCUT2D eigenvalue weighted by molar-refractivity contribution is -0.384. The maximum absolute atomic E-state index is 11.5. The predicted molar refractivity (Wildman–Crippen MR) is 78.8 cm³/mol. The van der Waals surface area contributed by atoms with Crippen molar-refractivity contribution in [1.29, 1.82) is 0 Å². The van der Waals surface area contributed by atoms with Crippen molar-refractivity contribution >= 4 is 29.9 Å². The number of nitrogens with one attached hydrogen (secondary N) is 1. The summed E-state index contributed by atoms with van der Waals surface area (Å²) >= 11 is 0. The Labute approximate surface area is 127 Å². The number of nitro groups is 1. The lowest BCUT2D eigenvalue weighted by atomic mass is 10.1. The molecular weight excluding hydrogens is 300 g/mol. The number of hydrogen-bond acceptors (Lipinski definition) is 5. The standard InChI is InChI=1S/C12H16N4O4.ClH/c13-10(7-11(14)17)12(18)15-6-5-8-1-3-9(4-2-8)16(19)20;/h1-4,10H,5-7,13H2,(H2,14,17)(H,15,18);1H. The molecule has 1 rings (SSSR count). The van der Waals surface area contributed by atoms with E-state index in [1.54, 1.807) is 12.1 Å². The van der Waals surface area contributed by atoms with Gasteiger partial charge in [-0.15, -0.1) is 12.4 Å². The molecule has 0 spiro atoms. The fourth-order valence-electron chi connectivity index (χ4n) is 1.55. The van der Waals surface area contributed by atoms with Gasteiger partial charge in [-0.05, 0) is 12.0 Å². The topological polar surface area (TPSA) is 141 Å². The molecule has 2 amide bonds. The van der Waals surface area contributed by atoms with Crippen LogP contribution in [0.1, 0.15) is 12.0 Å². The number of benzene rings is 1. The van der Waals surface area contributed by atoms with Crippen LogP contribution in [0.5, 0.6) is 0 Å². The van der Waals surface area contributed by atoms with Crippen LogP contribution < -0.4 is 16.8 Å². The normalized spacial score (nSPS) is 11.1. The monoisotopic (exact) mass is 316 g/mol. The fraction of sp³-hybridized carbons (Fsp3) is 0.333. The number of carbonyl (C=O) groups excluding carboxylic acids is 2. The second-order valence-electron chi connectivity index (χ2n) is 4.24. The molecule has 5 N–H and O–H groups in total. The zero-order chi connectivity index (χ0) is 15.1. The Balaban J connectivity index is 0.00000400. The van der Waals surface area contributed by atoms with Crippen molar-refractivity contribution in [1.82, 2.24) is 5.32 Å². The number of primary amides is 1. The van der Waals surface area contributed by atoms with E-state index in [0.29, 0.717) is 13.0 Å². The molecule has 0 aliphatic rings. The maximum Gasteiger partial charge on any atom is 0.269 e. The predicted octanol–water partition coefficient (Wildman–Crippen LogP) is -0.122. The maximum atomic E-state index is 11.5. The second-order valence-corrected chi connectivity index (χ2v) is 4.24. The van der Waals surface area contributed by atoms with Crippen molar-refractivity contribution in [2.45, 2.75) is 18.9 Å². The summed E-state index contributed by atoms with van der Waals surface area (Å²) in [6.45, 7) is 0.323. The smallest absolute Gasteiger partial charge is 0.269 e. The number of rotatable bonds is 7. The number of nitro benzene ring substituents is 1. The molecule has 0 saturated carbocycles. The SMILES string of the molecule is Cl.NC(=O)CC(N)C(=O)NCCc1ccc([N+](=O)[O-])cc1. The Bertz CT molecular complexity index is 506. The van der Waals surface area contributed by atoms with E-state index in [0.717, 1.165) is 5.56 Å². The van der Waals surface area contributed by atoms with Crippen molar-refractivity contribution < 1.29 is 14.5 Å². The quantitative estimate of drug-likeness (QED) is 0.475. The van der Waals surface area contributed by atoms with Crippen LogP contribution >= 0.6 is 12.4 Å². The van der Waals surface area contributed by atoms with Gasteiger partial charge in [0.25, 0.3) is 5.69 Å². The van der Waals surface area contributed by atoms with E-state index >= 15 is 0 Å². The van der Waals surface area contributed by atoms with Gasteiger partial charge in [-0.2, -0.15) is 0 Å². The summed E-state index contributed by atoms with van der Waals surface area (Å²) < 4.78 is 0. The molecule has 0 aliphatic carbocycles. The van der Waals surface area contributed by atoms with Gasteiger partial charge in [0.15, 0.2) is 0 Å². The van der Waals surface area contributed by atoms with Gasteiger partial charge in [-0.1, -0.05) is 12.1 Å². The Morgan fingerprint density at radius 1 is 1.29 bits per heavy atom. The summed E-state index contributed by atoms with van der Waals surface area (Å²) in [5, 5.41) is 13.0. The Morgan fingerprint density at radius 2 is 1.86 bits per heavy atom. The van der Waals surface area contributed by atoms with Crippen LogP contribution in [0.25, 0.3) is 0 Å². The van der Waals surface area contributed by atoms with Gasteiger partial charge >= 0.3 is 0 Å². The lowest BCUT2D eigenvalue weighted by Gasteiger charge is -2.10. The summed E-state index contributed by atoms with van der Waals surface area (Å²) in [6.07, 6.45) is 0.302. The van der Waals surface area contributed by atoms with E-state index in [-0.39, 0.29) is 24.5 Å². The van der Waals surface area contributed by atoms with Gasteiger partial charge in [-0.3, -0.25) is 19.7 Å². The van der Waals surface area contributed by atoms with Crippen LogP contribution in [0.2, 0.25) is 0 Å². The van der Waals surface area contributed by atoms with Crippen molar-refractivity contribution in [2.24, 2.45) is 11.5 Å². The lowest BCUT2D eigenvalue weighted by Crippen LogP contribution is -2.43. The molecule has 1 aromatic rings. The van der Waals surface area contributed by atoms with Crippen LogP contribution in [0.15, 0.2) is 24.3 Å². The minimum atomic E-state index is -0.954. The molecule has 0 heterocycles. The van der Waals surface area contributed by atoms with Crippen LogP contribution in [-0.4, -0.2) is 29.3 Å². The first-order chi connectivity index (χ1) is 9.40. The number of non-ortho nitro benzene ring substituents is 1. The first-order valence-electron chi connectivity index (χ1n) is 5.95. The number of amides is 2. The molecule has 21 heavy (non-hydrogen) atoms. The number of carbonyl (C=O) groups is 2. The first kappa shape index (κ1) is 18.8. The largest absolute Gasteiger partial charge is 0.370 e. The average molecular weight is 317 g/mol. The third-order valence-corrected chi connectivity index (χ3v) is 2.62. The number of hydrogen-bond donors (Lipinski definition) is 3. The first-order valence-corrected chi connectivity index (χ1v) is 5.95. The summed E-state index contributed by atoms with van der Waals surface area (Å²) in [5.74, 6) is -1.09. The van der Waals surface area contributed by atoms with Crippen molar-refractivity contribution in [2.75, 3.05) is 6.54 Å².